The molecule has 0 radical (unpaired) electrons. The van der Waals surface area contributed by atoms with Gasteiger partial charge in [0.1, 0.15) is 12.1 Å². The van der Waals surface area contributed by atoms with Gasteiger partial charge in [-0.05, 0) is 68.8 Å². The van der Waals surface area contributed by atoms with Crippen LogP contribution in [-0.4, -0.2) is 65.3 Å². The van der Waals surface area contributed by atoms with E-state index in [1.165, 1.54) is 0 Å². The number of imidazole rings is 1. The maximum absolute atomic E-state index is 13.6. The summed E-state index contributed by atoms with van der Waals surface area (Å²) in [5.41, 5.74) is 2.57. The van der Waals surface area contributed by atoms with E-state index in [0.717, 1.165) is 23.3 Å². The van der Waals surface area contributed by atoms with E-state index in [4.69, 9.17) is 9.72 Å². The number of amides is 2. The molecule has 5 heterocycles. The lowest BCUT2D eigenvalue weighted by atomic mass is 9.74. The van der Waals surface area contributed by atoms with Gasteiger partial charge in [-0.25, -0.2) is 9.97 Å². The number of fused-ring (bicyclic) bond motifs is 3. The molecule has 2 aromatic heterocycles. The number of piperidine rings is 1. The van der Waals surface area contributed by atoms with Gasteiger partial charge in [-0.3, -0.25) is 9.59 Å². The van der Waals surface area contributed by atoms with Crippen LogP contribution >= 0.6 is 0 Å². The molecule has 1 aliphatic carbocycles. The minimum absolute atomic E-state index is 0.0465. The molecule has 216 valence electrons. The number of ether oxygens (including phenoxy) is 1. The second kappa shape index (κ2) is 9.71. The minimum Gasteiger partial charge on any atom is -0.476 e. The number of anilines is 1. The average molecular weight is 569 g/mol. The van der Waals surface area contributed by atoms with Gasteiger partial charge in [0.15, 0.2) is 0 Å². The Kier molecular flexibility index (Phi) is 6.22. The Morgan fingerprint density at radius 3 is 2.63 bits per heavy atom. The summed E-state index contributed by atoms with van der Waals surface area (Å²) in [6.45, 7) is 0.810. The number of hydrogen-bond donors (Lipinski definition) is 2. The first kappa shape index (κ1) is 26.2. The summed E-state index contributed by atoms with van der Waals surface area (Å²) in [4.78, 5) is 35.5. The summed E-state index contributed by atoms with van der Waals surface area (Å²) < 4.78 is 49.2. The zero-order valence-electron chi connectivity index (χ0n) is 22.5. The monoisotopic (exact) mass is 568 g/mol. The first-order valence-corrected chi connectivity index (χ1v) is 14.2. The fourth-order valence-corrected chi connectivity index (χ4v) is 6.57. The van der Waals surface area contributed by atoms with Gasteiger partial charge in [0.05, 0.1) is 29.6 Å². The summed E-state index contributed by atoms with van der Waals surface area (Å²) in [5.74, 6) is 0.174. The van der Waals surface area contributed by atoms with Crippen molar-refractivity contribution in [2.45, 2.75) is 56.2 Å². The van der Waals surface area contributed by atoms with Crippen LogP contribution in [0.4, 0.5) is 18.9 Å². The number of nitrogens with zero attached hydrogens (tertiary/aromatic N) is 4. The van der Waals surface area contributed by atoms with Gasteiger partial charge in [0.2, 0.25) is 17.7 Å². The first-order valence-electron chi connectivity index (χ1n) is 14.2. The average Bonchev–Trinajstić information content (AvgIpc) is 3.51. The highest BCUT2D eigenvalue weighted by Gasteiger charge is 2.53. The topological polar surface area (TPSA) is 101 Å². The molecule has 1 atom stereocenters. The minimum atomic E-state index is -4.53. The van der Waals surface area contributed by atoms with E-state index in [1.54, 1.807) is 18.5 Å². The third-order valence-corrected chi connectivity index (χ3v) is 8.84. The second-order valence-corrected chi connectivity index (χ2v) is 11.6. The van der Waals surface area contributed by atoms with E-state index >= 15 is 0 Å². The van der Waals surface area contributed by atoms with Gasteiger partial charge < -0.3 is 24.8 Å². The van der Waals surface area contributed by atoms with E-state index < -0.39 is 24.0 Å². The van der Waals surface area contributed by atoms with E-state index in [2.05, 4.69) is 20.2 Å². The van der Waals surface area contributed by atoms with Crippen molar-refractivity contribution in [1.29, 1.82) is 0 Å². The molecular weight excluding hydrogens is 537 g/mol. The van der Waals surface area contributed by atoms with Crippen LogP contribution in [0.15, 0.2) is 30.6 Å². The van der Waals surface area contributed by atoms with Crippen molar-refractivity contribution in [2.75, 3.05) is 37.7 Å². The number of pyridine rings is 1. The van der Waals surface area contributed by atoms with Crippen molar-refractivity contribution < 1.29 is 27.5 Å². The van der Waals surface area contributed by atoms with Crippen LogP contribution in [0.3, 0.4) is 0 Å². The number of aromatic nitrogens is 3. The predicted molar refractivity (Wildman–Crippen MR) is 145 cm³/mol. The molecule has 7 rings (SSSR count). The van der Waals surface area contributed by atoms with Crippen LogP contribution in [0.25, 0.3) is 22.3 Å². The summed E-state index contributed by atoms with van der Waals surface area (Å²) >= 11 is 0. The van der Waals surface area contributed by atoms with Gasteiger partial charge in [-0.2, -0.15) is 13.2 Å². The molecule has 3 fully saturated rings. The summed E-state index contributed by atoms with van der Waals surface area (Å²) in [7, 11) is 0. The molecule has 2 amide bonds. The van der Waals surface area contributed by atoms with Crippen molar-refractivity contribution in [3.8, 4) is 17.1 Å². The van der Waals surface area contributed by atoms with E-state index in [1.807, 2.05) is 12.1 Å². The molecule has 3 aliphatic heterocycles. The van der Waals surface area contributed by atoms with Gasteiger partial charge >= 0.3 is 6.18 Å². The molecule has 41 heavy (non-hydrogen) atoms. The van der Waals surface area contributed by atoms with Crippen molar-refractivity contribution in [3.05, 3.63) is 36.2 Å². The van der Waals surface area contributed by atoms with E-state index in [9.17, 15) is 22.8 Å². The number of rotatable bonds is 7. The summed E-state index contributed by atoms with van der Waals surface area (Å²) in [6, 6.07) is 7.45. The van der Waals surface area contributed by atoms with Crippen LogP contribution in [0.2, 0.25) is 0 Å². The van der Waals surface area contributed by atoms with Gasteiger partial charge in [0, 0.05) is 30.3 Å². The van der Waals surface area contributed by atoms with Crippen LogP contribution in [0.5, 0.6) is 5.88 Å². The molecule has 2 saturated heterocycles. The maximum atomic E-state index is 13.6. The van der Waals surface area contributed by atoms with Crippen LogP contribution in [-0.2, 0) is 15.0 Å². The summed E-state index contributed by atoms with van der Waals surface area (Å²) in [6.07, 6.45) is 1.43. The van der Waals surface area contributed by atoms with Crippen molar-refractivity contribution in [1.82, 2.24) is 25.2 Å². The Bertz CT molecular complexity index is 1530. The van der Waals surface area contributed by atoms with Crippen molar-refractivity contribution in [3.63, 3.8) is 0 Å². The number of nitrogens with one attached hydrogen (secondary N) is 2. The number of halogens is 3. The van der Waals surface area contributed by atoms with E-state index in [0.29, 0.717) is 86.2 Å². The number of hydrogen-bond acceptors (Lipinski definition) is 6. The lowest BCUT2D eigenvalue weighted by molar-refractivity contribution is -0.135. The fraction of sp³-hybridized carbons (Fsp3) is 0.517. The highest BCUT2D eigenvalue weighted by atomic mass is 19.4. The lowest BCUT2D eigenvalue weighted by Crippen LogP contribution is -2.49. The summed E-state index contributed by atoms with van der Waals surface area (Å²) in [5, 5.41) is 6.06. The number of alkyl halides is 3. The Balaban J connectivity index is 1.26. The van der Waals surface area contributed by atoms with Crippen molar-refractivity contribution in [2.24, 2.45) is 5.92 Å². The Morgan fingerprint density at radius 2 is 1.93 bits per heavy atom. The molecule has 1 aromatic carbocycles. The maximum Gasteiger partial charge on any atom is 0.406 e. The van der Waals surface area contributed by atoms with Gasteiger partial charge in [0.25, 0.3) is 0 Å². The molecule has 0 bridgehead atoms. The number of carbonyl (C=O) groups excluding carboxylic acids is 2. The third-order valence-electron chi connectivity index (χ3n) is 8.84. The molecule has 3 aromatic rings. The largest absolute Gasteiger partial charge is 0.476 e. The number of carbonyl (C=O) groups is 2. The second-order valence-electron chi connectivity index (χ2n) is 11.6. The van der Waals surface area contributed by atoms with Gasteiger partial charge in [-0.1, -0.05) is 12.1 Å². The molecule has 0 unspecified atom stereocenters. The van der Waals surface area contributed by atoms with Crippen LogP contribution < -0.4 is 20.3 Å². The molecule has 1 spiro atoms. The fourth-order valence-electron chi connectivity index (χ4n) is 6.57. The number of benzene rings is 1. The first-order chi connectivity index (χ1) is 19.7. The zero-order valence-corrected chi connectivity index (χ0v) is 22.5. The van der Waals surface area contributed by atoms with Crippen molar-refractivity contribution >= 4 is 28.5 Å². The highest BCUT2D eigenvalue weighted by molar-refractivity contribution is 6.09. The molecular formula is C29H31F3N6O3. The molecule has 1 saturated carbocycles. The molecule has 9 nitrogen and oxygen atoms in total. The standard InChI is InChI=1S/C29H31F3N6O3/c30-29(31,32)15-37-23-12-18(1-4-20(23)28(27(37)40)6-8-33-9-7-28)21-13-22-25(38(16-35-22)19-2-3-19)26(36-21)41-10-5-17-11-24(39)34-14-17/h1,4,12-13,16-17,19,33H,2-3,5-11,14-15H2,(H,34,39)/t17-/m1/s1. The normalized spacial score (nSPS) is 22.0. The predicted octanol–water partition coefficient (Wildman–Crippen LogP) is 3.87. The van der Waals surface area contributed by atoms with E-state index in [-0.39, 0.29) is 17.5 Å². The smallest absolute Gasteiger partial charge is 0.406 e. The SMILES string of the molecule is O=C1C[C@@H](CCOc2nc(-c3ccc4c(c3)N(CC(F)(F)F)C(=O)C43CCNCC3)cc3ncn(C4CC4)c23)CN1. The molecule has 12 heteroatoms. The Hall–Kier alpha value is -3.67. The Morgan fingerprint density at radius 1 is 1.12 bits per heavy atom. The van der Waals surface area contributed by atoms with Crippen LogP contribution in [0, 0.1) is 5.92 Å². The zero-order chi connectivity index (χ0) is 28.4. The Labute approximate surface area is 234 Å². The molecule has 2 N–H and O–H groups in total. The lowest BCUT2D eigenvalue weighted by Gasteiger charge is -2.33. The molecule has 4 aliphatic rings. The third kappa shape index (κ3) is 4.71. The quantitative estimate of drug-likeness (QED) is 0.449. The van der Waals surface area contributed by atoms with Crippen LogP contribution in [0.1, 0.15) is 50.1 Å². The van der Waals surface area contributed by atoms with Gasteiger partial charge in [-0.15, -0.1) is 0 Å². The highest BCUT2D eigenvalue weighted by Crippen LogP contribution is 2.49.